The van der Waals surface area contributed by atoms with Crippen molar-refractivity contribution < 1.29 is 14.4 Å². The van der Waals surface area contributed by atoms with Crippen molar-refractivity contribution >= 4 is 34.5 Å². The van der Waals surface area contributed by atoms with E-state index in [-0.39, 0.29) is 36.3 Å². The molecule has 33 heavy (non-hydrogen) atoms. The van der Waals surface area contributed by atoms with Crippen LogP contribution in [0.15, 0.2) is 24.3 Å². The molecule has 0 aliphatic carbocycles. The zero-order chi connectivity index (χ0) is 23.7. The molecule has 1 aromatic heterocycles. The van der Waals surface area contributed by atoms with Crippen LogP contribution in [-0.2, 0) is 27.3 Å². The molecule has 2 fully saturated rings. The second-order valence-electron chi connectivity index (χ2n) is 9.11. The number of nitrogens with two attached hydrogens (primary N) is 2. The number of nitrogens with zero attached hydrogens (tertiary/aromatic N) is 3. The van der Waals surface area contributed by atoms with Crippen LogP contribution in [0.5, 0.6) is 0 Å². The third-order valence-corrected chi connectivity index (χ3v) is 6.95. The molecular weight excluding hydrogens is 420 g/mol. The average molecular weight is 453 g/mol. The lowest BCUT2D eigenvalue weighted by molar-refractivity contribution is -0.143. The molecule has 1 aromatic carbocycles. The number of fused-ring (bicyclic) bond motifs is 1. The molecule has 0 spiro atoms. The molecule has 0 bridgehead atoms. The predicted molar refractivity (Wildman–Crippen MR) is 126 cm³/mol. The van der Waals surface area contributed by atoms with Gasteiger partial charge in [-0.1, -0.05) is 12.1 Å². The summed E-state index contributed by atoms with van der Waals surface area (Å²) in [6.45, 7) is 2.95. The quantitative estimate of drug-likeness (QED) is 0.431. The molecule has 2 aromatic rings. The highest BCUT2D eigenvalue weighted by Crippen LogP contribution is 2.29. The molecule has 5 N–H and O–H groups in total. The van der Waals surface area contributed by atoms with Crippen LogP contribution < -0.4 is 11.5 Å². The topological polar surface area (TPSA) is 139 Å². The number of amides is 3. The average Bonchev–Trinajstić information content (AvgIpc) is 3.50. The van der Waals surface area contributed by atoms with Crippen molar-refractivity contribution in [2.45, 2.75) is 64.1 Å². The zero-order valence-electron chi connectivity index (χ0n) is 19.0. The predicted octanol–water partition coefficient (Wildman–Crippen LogP) is 1.35. The molecule has 9 heteroatoms. The van der Waals surface area contributed by atoms with Crippen LogP contribution in [0, 0.1) is 5.41 Å². The van der Waals surface area contributed by atoms with Gasteiger partial charge in [0.25, 0.3) is 0 Å². The van der Waals surface area contributed by atoms with E-state index in [1.807, 2.05) is 27.7 Å². The largest absolute Gasteiger partial charge is 0.384 e. The summed E-state index contributed by atoms with van der Waals surface area (Å²) >= 11 is 0. The summed E-state index contributed by atoms with van der Waals surface area (Å²) in [6.07, 6.45) is 4.94. The van der Waals surface area contributed by atoms with E-state index in [0.29, 0.717) is 18.5 Å². The molecule has 4 rings (SSSR count). The Morgan fingerprint density at radius 2 is 1.79 bits per heavy atom. The van der Waals surface area contributed by atoms with E-state index in [4.69, 9.17) is 16.9 Å². The molecule has 2 saturated heterocycles. The van der Waals surface area contributed by atoms with Crippen LogP contribution in [0.2, 0.25) is 0 Å². The second-order valence-corrected chi connectivity index (χ2v) is 9.11. The third kappa shape index (κ3) is 4.58. The van der Waals surface area contributed by atoms with Crippen molar-refractivity contribution in [1.82, 2.24) is 14.4 Å². The van der Waals surface area contributed by atoms with Crippen molar-refractivity contribution in [2.24, 2.45) is 11.5 Å². The van der Waals surface area contributed by atoms with Gasteiger partial charge in [-0.3, -0.25) is 19.8 Å². The van der Waals surface area contributed by atoms with Gasteiger partial charge in [-0.2, -0.15) is 0 Å². The number of benzene rings is 1. The van der Waals surface area contributed by atoms with Gasteiger partial charge < -0.3 is 25.8 Å². The second kappa shape index (κ2) is 9.25. The minimum absolute atomic E-state index is 0.0306. The fourth-order valence-electron chi connectivity index (χ4n) is 5.36. The van der Waals surface area contributed by atoms with Gasteiger partial charge in [0.05, 0.1) is 0 Å². The van der Waals surface area contributed by atoms with E-state index < -0.39 is 5.91 Å². The van der Waals surface area contributed by atoms with E-state index in [1.165, 1.54) is 6.92 Å². The summed E-state index contributed by atoms with van der Waals surface area (Å²) in [7, 11) is 0. The Labute approximate surface area is 193 Å². The highest BCUT2D eigenvalue weighted by molar-refractivity contribution is 5.99. The fourth-order valence-corrected chi connectivity index (χ4v) is 5.36. The summed E-state index contributed by atoms with van der Waals surface area (Å²) in [6, 6.07) is 7.32. The zero-order valence-corrected chi connectivity index (χ0v) is 19.0. The summed E-state index contributed by atoms with van der Waals surface area (Å²) in [4.78, 5) is 40.6. The first-order valence-corrected chi connectivity index (χ1v) is 11.6. The van der Waals surface area contributed by atoms with Crippen LogP contribution in [-0.4, -0.2) is 63.1 Å². The molecule has 9 nitrogen and oxygen atoms in total. The number of carbonyl (C=O) groups excluding carboxylic acids is 3. The maximum absolute atomic E-state index is 13.3. The Morgan fingerprint density at radius 1 is 1.06 bits per heavy atom. The number of nitrogen functional groups attached to an aromatic ring is 1. The summed E-state index contributed by atoms with van der Waals surface area (Å²) in [5, 5.41) is 8.67. The number of nitrogens with one attached hydrogen (secondary N) is 1. The lowest BCUT2D eigenvalue weighted by atomic mass is 10.1. The van der Waals surface area contributed by atoms with Crippen LogP contribution in [0.4, 0.5) is 0 Å². The normalized spacial score (nSPS) is 20.5. The molecule has 2 aliphatic rings. The highest BCUT2D eigenvalue weighted by Gasteiger charge is 2.38. The molecule has 0 radical (unpaired) electrons. The van der Waals surface area contributed by atoms with Gasteiger partial charge in [0.15, 0.2) is 0 Å². The van der Waals surface area contributed by atoms with Crippen LogP contribution in [0.25, 0.3) is 10.9 Å². The van der Waals surface area contributed by atoms with Gasteiger partial charge in [0, 0.05) is 42.8 Å². The Hall–Kier alpha value is -3.36. The van der Waals surface area contributed by atoms with E-state index >= 15 is 0 Å². The molecule has 176 valence electrons. The molecular formula is C24H32N6O3. The third-order valence-electron chi connectivity index (χ3n) is 6.95. The van der Waals surface area contributed by atoms with Crippen molar-refractivity contribution in [1.29, 1.82) is 5.41 Å². The first kappa shape index (κ1) is 22.8. The molecule has 2 atom stereocenters. The Balaban J connectivity index is 1.53. The van der Waals surface area contributed by atoms with Gasteiger partial charge in [0.1, 0.15) is 18.4 Å². The summed E-state index contributed by atoms with van der Waals surface area (Å²) in [5.74, 6) is -0.446. The van der Waals surface area contributed by atoms with Crippen molar-refractivity contribution in [3.63, 3.8) is 0 Å². The Morgan fingerprint density at radius 3 is 2.48 bits per heavy atom. The van der Waals surface area contributed by atoms with Gasteiger partial charge in [0.2, 0.25) is 17.7 Å². The van der Waals surface area contributed by atoms with Crippen molar-refractivity contribution in [3.05, 3.63) is 35.5 Å². The maximum Gasteiger partial charge on any atom is 0.245 e. The summed E-state index contributed by atoms with van der Waals surface area (Å²) in [5.41, 5.74) is 13.5. The number of rotatable bonds is 7. The molecule has 0 saturated carbocycles. The van der Waals surface area contributed by atoms with E-state index in [0.717, 1.165) is 55.2 Å². The number of hydrogen-bond acceptors (Lipinski definition) is 4. The molecule has 3 heterocycles. The van der Waals surface area contributed by atoms with Gasteiger partial charge >= 0.3 is 0 Å². The first-order valence-electron chi connectivity index (χ1n) is 11.6. The number of primary amides is 1. The number of aryl methyl sites for hydroxylation is 1. The maximum atomic E-state index is 13.3. The standard InChI is InChI=1S/C24H32N6O3/c1-15(31)28-10-3-5-20(28)24(33)29-11-2-4-18(29)8-9-19-12-16-6-7-17(23(26)27)13-21(16)30(19)14-22(25)32/h6-7,12-13,18,20H,2-5,8-11,14H2,1H3,(H2,25,32)(H3,26,27). The number of hydrogen-bond donors (Lipinski definition) is 3. The lowest BCUT2D eigenvalue weighted by Crippen LogP contribution is -2.48. The number of amidine groups is 1. The Bertz CT molecular complexity index is 1110. The van der Waals surface area contributed by atoms with E-state index in [9.17, 15) is 14.4 Å². The van der Waals surface area contributed by atoms with Gasteiger partial charge in [-0.25, -0.2) is 0 Å². The Kier molecular flexibility index (Phi) is 6.40. The van der Waals surface area contributed by atoms with E-state index in [1.54, 1.807) is 11.0 Å². The lowest BCUT2D eigenvalue weighted by Gasteiger charge is -2.31. The highest BCUT2D eigenvalue weighted by atomic mass is 16.2. The molecule has 2 aliphatic heterocycles. The number of carbonyl (C=O) groups is 3. The minimum Gasteiger partial charge on any atom is -0.384 e. The fraction of sp³-hybridized carbons (Fsp3) is 0.500. The summed E-state index contributed by atoms with van der Waals surface area (Å²) < 4.78 is 1.89. The van der Waals surface area contributed by atoms with Crippen molar-refractivity contribution in [2.75, 3.05) is 13.1 Å². The van der Waals surface area contributed by atoms with Crippen LogP contribution in [0.1, 0.15) is 50.3 Å². The van der Waals surface area contributed by atoms with Crippen LogP contribution in [0.3, 0.4) is 0 Å². The minimum atomic E-state index is -0.440. The monoisotopic (exact) mass is 452 g/mol. The van der Waals surface area contributed by atoms with Gasteiger partial charge in [-0.15, -0.1) is 0 Å². The SMILES string of the molecule is CC(=O)N1CCCC1C(=O)N1CCCC1CCc1cc2ccc(C(=N)N)cc2n1CC(N)=O. The van der Waals surface area contributed by atoms with Crippen molar-refractivity contribution in [3.8, 4) is 0 Å². The molecule has 2 unspecified atom stereocenters. The van der Waals surface area contributed by atoms with Gasteiger partial charge in [-0.05, 0) is 56.0 Å². The number of likely N-dealkylation sites (tertiary alicyclic amines) is 2. The van der Waals surface area contributed by atoms with E-state index in [2.05, 4.69) is 0 Å². The molecule has 3 amide bonds. The number of aromatic nitrogens is 1. The first-order chi connectivity index (χ1) is 15.8. The van der Waals surface area contributed by atoms with Crippen LogP contribution >= 0.6 is 0 Å². The smallest absolute Gasteiger partial charge is 0.245 e.